The fraction of sp³-hybridized carbons (Fsp3) is 1.00. The molecule has 12 heavy (non-hydrogen) atoms. The normalized spacial score (nSPS) is 28.8. The molecule has 1 aliphatic heterocycles. The molecule has 1 rings (SSSR count). The zero-order valence-electron chi connectivity index (χ0n) is 7.53. The van der Waals surface area contributed by atoms with Crippen LogP contribution in [0.2, 0.25) is 0 Å². The maximum atomic E-state index is 5.27. The highest BCUT2D eigenvalue weighted by atomic mass is 16.9. The summed E-state index contributed by atoms with van der Waals surface area (Å²) < 4.78 is 25.6. The minimum atomic E-state index is -1.22. The summed E-state index contributed by atoms with van der Waals surface area (Å²) in [6.07, 6.45) is -0.638. The van der Waals surface area contributed by atoms with E-state index in [1.165, 1.54) is 21.3 Å². The highest BCUT2D eigenvalue weighted by Gasteiger charge is 2.45. The molecule has 0 aromatic carbocycles. The van der Waals surface area contributed by atoms with Crippen LogP contribution in [0.25, 0.3) is 0 Å². The molecular weight excluding hydrogens is 164 g/mol. The minimum Gasteiger partial charge on any atom is -0.349 e. The average Bonchev–Trinajstić information content (AvgIpc) is 2.17. The molecular formula is C7H14O5. The summed E-state index contributed by atoms with van der Waals surface area (Å²) in [5.41, 5.74) is 0. The molecule has 0 spiro atoms. The first-order chi connectivity index (χ1) is 5.79. The second kappa shape index (κ2) is 4.15. The van der Waals surface area contributed by atoms with Gasteiger partial charge in [-0.2, -0.15) is 0 Å². The number of hydrogen-bond donors (Lipinski definition) is 0. The SMILES string of the molecule is COC1OCCOC1(OC)OC. The van der Waals surface area contributed by atoms with Gasteiger partial charge in [0.2, 0.25) is 6.29 Å². The Labute approximate surface area is 71.5 Å². The molecule has 0 saturated carbocycles. The number of rotatable bonds is 3. The second-order valence-corrected chi connectivity index (χ2v) is 2.30. The molecule has 1 atom stereocenters. The predicted molar refractivity (Wildman–Crippen MR) is 39.5 cm³/mol. The van der Waals surface area contributed by atoms with Gasteiger partial charge in [0.05, 0.1) is 13.2 Å². The van der Waals surface area contributed by atoms with Gasteiger partial charge in [0.15, 0.2) is 0 Å². The fourth-order valence-corrected chi connectivity index (χ4v) is 1.12. The lowest BCUT2D eigenvalue weighted by atomic mass is 10.4. The third kappa shape index (κ3) is 1.60. The summed E-state index contributed by atoms with van der Waals surface area (Å²) in [5.74, 6) is -1.22. The Morgan fingerprint density at radius 3 is 2.25 bits per heavy atom. The maximum absolute atomic E-state index is 5.27. The van der Waals surface area contributed by atoms with Crippen molar-refractivity contribution >= 4 is 0 Å². The molecule has 0 N–H and O–H groups in total. The molecule has 1 heterocycles. The predicted octanol–water partition coefficient (Wildman–Crippen LogP) is -0.0477. The van der Waals surface area contributed by atoms with Crippen LogP contribution in [0, 0.1) is 0 Å². The van der Waals surface area contributed by atoms with Crippen molar-refractivity contribution < 1.29 is 23.7 Å². The summed E-state index contributed by atoms with van der Waals surface area (Å²) in [7, 11) is 4.46. The van der Waals surface area contributed by atoms with E-state index in [9.17, 15) is 0 Å². The van der Waals surface area contributed by atoms with Crippen LogP contribution in [-0.2, 0) is 23.7 Å². The van der Waals surface area contributed by atoms with E-state index in [0.717, 1.165) is 0 Å². The lowest BCUT2D eigenvalue weighted by molar-refractivity contribution is -0.463. The molecule has 1 unspecified atom stereocenters. The van der Waals surface area contributed by atoms with Gasteiger partial charge in [-0.1, -0.05) is 0 Å². The average molecular weight is 178 g/mol. The molecule has 1 fully saturated rings. The van der Waals surface area contributed by atoms with E-state index in [1.54, 1.807) is 0 Å². The Morgan fingerprint density at radius 2 is 1.83 bits per heavy atom. The van der Waals surface area contributed by atoms with E-state index in [2.05, 4.69) is 0 Å². The Bertz CT molecular complexity index is 134. The lowest BCUT2D eigenvalue weighted by Gasteiger charge is -2.38. The van der Waals surface area contributed by atoms with Crippen molar-refractivity contribution in [2.24, 2.45) is 0 Å². The topological polar surface area (TPSA) is 46.2 Å². The van der Waals surface area contributed by atoms with Gasteiger partial charge < -0.3 is 23.7 Å². The first kappa shape index (κ1) is 9.88. The van der Waals surface area contributed by atoms with Crippen molar-refractivity contribution in [2.45, 2.75) is 12.3 Å². The standard InChI is InChI=1S/C7H14O5/c1-8-6-7(9-2,10-3)12-5-4-11-6/h6H,4-5H2,1-3H3. The number of hydrogen-bond acceptors (Lipinski definition) is 5. The summed E-state index contributed by atoms with van der Waals surface area (Å²) in [5, 5.41) is 0. The van der Waals surface area contributed by atoms with Crippen molar-refractivity contribution in [3.8, 4) is 0 Å². The number of ether oxygens (including phenoxy) is 5. The summed E-state index contributed by atoms with van der Waals surface area (Å²) in [4.78, 5) is 0. The molecule has 0 amide bonds. The lowest BCUT2D eigenvalue weighted by Crippen LogP contribution is -2.54. The Hall–Kier alpha value is -0.200. The van der Waals surface area contributed by atoms with E-state index >= 15 is 0 Å². The van der Waals surface area contributed by atoms with E-state index in [-0.39, 0.29) is 0 Å². The molecule has 0 aliphatic carbocycles. The van der Waals surface area contributed by atoms with Gasteiger partial charge in [0.1, 0.15) is 0 Å². The van der Waals surface area contributed by atoms with E-state index in [1.807, 2.05) is 0 Å². The Kier molecular flexibility index (Phi) is 3.42. The smallest absolute Gasteiger partial charge is 0.337 e. The molecule has 5 nitrogen and oxygen atoms in total. The Morgan fingerprint density at radius 1 is 1.17 bits per heavy atom. The van der Waals surface area contributed by atoms with Gasteiger partial charge in [-0.3, -0.25) is 0 Å². The quantitative estimate of drug-likeness (QED) is 0.567. The van der Waals surface area contributed by atoms with Crippen molar-refractivity contribution in [1.29, 1.82) is 0 Å². The van der Waals surface area contributed by atoms with Gasteiger partial charge in [-0.15, -0.1) is 0 Å². The van der Waals surface area contributed by atoms with Crippen molar-refractivity contribution in [1.82, 2.24) is 0 Å². The maximum Gasteiger partial charge on any atom is 0.337 e. The highest BCUT2D eigenvalue weighted by Crippen LogP contribution is 2.24. The van der Waals surface area contributed by atoms with Crippen LogP contribution < -0.4 is 0 Å². The first-order valence-electron chi connectivity index (χ1n) is 3.67. The van der Waals surface area contributed by atoms with Crippen LogP contribution >= 0.6 is 0 Å². The third-order valence-corrected chi connectivity index (χ3v) is 1.73. The summed E-state index contributed by atoms with van der Waals surface area (Å²) >= 11 is 0. The molecule has 5 heteroatoms. The van der Waals surface area contributed by atoms with Gasteiger partial charge >= 0.3 is 5.97 Å². The van der Waals surface area contributed by atoms with Crippen LogP contribution in [0.3, 0.4) is 0 Å². The molecule has 1 aliphatic rings. The van der Waals surface area contributed by atoms with Crippen molar-refractivity contribution in [3.05, 3.63) is 0 Å². The third-order valence-electron chi connectivity index (χ3n) is 1.73. The van der Waals surface area contributed by atoms with Crippen molar-refractivity contribution in [2.75, 3.05) is 34.5 Å². The first-order valence-corrected chi connectivity index (χ1v) is 3.67. The van der Waals surface area contributed by atoms with Crippen LogP contribution in [0.1, 0.15) is 0 Å². The van der Waals surface area contributed by atoms with Gasteiger partial charge in [-0.25, -0.2) is 0 Å². The minimum absolute atomic E-state index is 0.432. The summed E-state index contributed by atoms with van der Waals surface area (Å²) in [6.45, 7) is 0.911. The zero-order valence-corrected chi connectivity index (χ0v) is 7.53. The fourth-order valence-electron chi connectivity index (χ4n) is 1.12. The van der Waals surface area contributed by atoms with Crippen LogP contribution in [0.5, 0.6) is 0 Å². The van der Waals surface area contributed by atoms with E-state index < -0.39 is 12.3 Å². The second-order valence-electron chi connectivity index (χ2n) is 2.30. The number of methoxy groups -OCH3 is 3. The van der Waals surface area contributed by atoms with E-state index in [4.69, 9.17) is 23.7 Å². The van der Waals surface area contributed by atoms with Gasteiger partial charge in [0, 0.05) is 21.3 Å². The summed E-state index contributed by atoms with van der Waals surface area (Å²) in [6, 6.07) is 0. The largest absolute Gasteiger partial charge is 0.349 e. The zero-order chi connectivity index (χ0) is 9.03. The van der Waals surface area contributed by atoms with Gasteiger partial charge in [-0.05, 0) is 0 Å². The van der Waals surface area contributed by atoms with E-state index in [0.29, 0.717) is 13.2 Å². The highest BCUT2D eigenvalue weighted by molar-refractivity contribution is 4.65. The van der Waals surface area contributed by atoms with Crippen LogP contribution in [0.4, 0.5) is 0 Å². The van der Waals surface area contributed by atoms with Crippen LogP contribution in [0.15, 0.2) is 0 Å². The molecule has 0 radical (unpaired) electrons. The Balaban J connectivity index is 2.66. The molecule has 0 aromatic heterocycles. The molecule has 72 valence electrons. The van der Waals surface area contributed by atoms with Crippen molar-refractivity contribution in [3.63, 3.8) is 0 Å². The monoisotopic (exact) mass is 178 g/mol. The molecule has 0 bridgehead atoms. The molecule has 1 saturated heterocycles. The molecule has 0 aromatic rings. The van der Waals surface area contributed by atoms with Gasteiger partial charge in [0.25, 0.3) is 0 Å². The van der Waals surface area contributed by atoms with Crippen LogP contribution in [-0.4, -0.2) is 46.8 Å².